The van der Waals surface area contributed by atoms with E-state index in [1.807, 2.05) is 12.3 Å². The molecule has 1 saturated carbocycles. The minimum Gasteiger partial charge on any atom is -0.338 e. The summed E-state index contributed by atoms with van der Waals surface area (Å²) in [6.07, 6.45) is 5.31. The Balaban J connectivity index is 1.26. The van der Waals surface area contributed by atoms with Gasteiger partial charge in [-0.3, -0.25) is 9.88 Å². The predicted molar refractivity (Wildman–Crippen MR) is 90.6 cm³/mol. The third-order valence-electron chi connectivity index (χ3n) is 5.12. The smallest absolute Gasteiger partial charge is 0.243 e. The zero-order valence-corrected chi connectivity index (χ0v) is 14.3. The molecule has 6 heteroatoms. The van der Waals surface area contributed by atoms with Crippen molar-refractivity contribution < 1.29 is 4.52 Å². The van der Waals surface area contributed by atoms with Gasteiger partial charge in [0.1, 0.15) is 0 Å². The molecule has 0 radical (unpaired) electrons. The first kappa shape index (κ1) is 15.7. The monoisotopic (exact) mass is 327 g/mol. The molecule has 4 rings (SSSR count). The molecule has 2 fully saturated rings. The highest BCUT2D eigenvalue weighted by molar-refractivity contribution is 5.05. The molecule has 0 unspecified atom stereocenters. The van der Waals surface area contributed by atoms with E-state index < -0.39 is 0 Å². The fraction of sp³-hybridized carbons (Fsp3) is 0.611. The standard InChI is InChI=1S/C18H25N5O/c1-14(18-20-17(21-24-18)15-5-6-15)23-12-10-22(11-13-23)9-7-16-4-2-3-8-19-16/h2-4,8,14-15H,5-7,9-13H2,1H3/t14-/m0/s1. The van der Waals surface area contributed by atoms with Crippen LogP contribution >= 0.6 is 0 Å². The summed E-state index contributed by atoms with van der Waals surface area (Å²) in [4.78, 5) is 14.0. The van der Waals surface area contributed by atoms with E-state index in [-0.39, 0.29) is 6.04 Å². The van der Waals surface area contributed by atoms with Gasteiger partial charge in [-0.2, -0.15) is 4.98 Å². The number of rotatable bonds is 6. The van der Waals surface area contributed by atoms with E-state index in [4.69, 9.17) is 4.52 Å². The van der Waals surface area contributed by atoms with Gasteiger partial charge in [0.15, 0.2) is 5.82 Å². The second-order valence-electron chi connectivity index (χ2n) is 6.89. The summed E-state index contributed by atoms with van der Waals surface area (Å²) >= 11 is 0. The molecule has 0 aromatic carbocycles. The zero-order chi connectivity index (χ0) is 16.4. The van der Waals surface area contributed by atoms with Crippen LogP contribution in [0.15, 0.2) is 28.9 Å². The van der Waals surface area contributed by atoms with Crippen LogP contribution in [0.2, 0.25) is 0 Å². The fourth-order valence-electron chi connectivity index (χ4n) is 3.27. The number of piperazine rings is 1. The van der Waals surface area contributed by atoms with Crippen molar-refractivity contribution in [2.24, 2.45) is 0 Å². The number of aromatic nitrogens is 3. The molecule has 1 saturated heterocycles. The Labute approximate surface area is 142 Å². The topological polar surface area (TPSA) is 58.3 Å². The van der Waals surface area contributed by atoms with Crippen molar-refractivity contribution in [2.45, 2.75) is 38.1 Å². The number of hydrogen-bond donors (Lipinski definition) is 0. The Morgan fingerprint density at radius 2 is 2.04 bits per heavy atom. The summed E-state index contributed by atoms with van der Waals surface area (Å²) in [5, 5.41) is 4.14. The maximum Gasteiger partial charge on any atom is 0.243 e. The van der Waals surface area contributed by atoms with Crippen molar-refractivity contribution in [2.75, 3.05) is 32.7 Å². The van der Waals surface area contributed by atoms with Crippen LogP contribution in [0, 0.1) is 0 Å². The lowest BCUT2D eigenvalue weighted by atomic mass is 10.2. The van der Waals surface area contributed by atoms with Gasteiger partial charge in [0.05, 0.1) is 6.04 Å². The average Bonchev–Trinajstić information content (AvgIpc) is 3.38. The number of pyridine rings is 1. The predicted octanol–water partition coefficient (Wildman–Crippen LogP) is 2.26. The van der Waals surface area contributed by atoms with Crippen LogP contribution in [-0.2, 0) is 6.42 Å². The molecule has 3 heterocycles. The van der Waals surface area contributed by atoms with Gasteiger partial charge in [0.25, 0.3) is 0 Å². The van der Waals surface area contributed by atoms with Crippen molar-refractivity contribution in [1.29, 1.82) is 0 Å². The van der Waals surface area contributed by atoms with Gasteiger partial charge in [-0.1, -0.05) is 11.2 Å². The molecular weight excluding hydrogens is 302 g/mol. The molecule has 0 spiro atoms. The van der Waals surface area contributed by atoms with E-state index in [0.29, 0.717) is 5.92 Å². The van der Waals surface area contributed by atoms with E-state index in [1.54, 1.807) is 0 Å². The molecule has 0 amide bonds. The van der Waals surface area contributed by atoms with Gasteiger partial charge in [-0.05, 0) is 31.9 Å². The maximum absolute atomic E-state index is 5.49. The minimum atomic E-state index is 0.211. The van der Waals surface area contributed by atoms with Crippen molar-refractivity contribution >= 4 is 0 Å². The highest BCUT2D eigenvalue weighted by Crippen LogP contribution is 2.38. The Kier molecular flexibility index (Phi) is 4.58. The molecule has 6 nitrogen and oxygen atoms in total. The van der Waals surface area contributed by atoms with Crippen LogP contribution in [-0.4, -0.2) is 57.6 Å². The van der Waals surface area contributed by atoms with E-state index >= 15 is 0 Å². The van der Waals surface area contributed by atoms with Gasteiger partial charge < -0.3 is 9.42 Å². The average molecular weight is 327 g/mol. The van der Waals surface area contributed by atoms with Crippen LogP contribution in [0.4, 0.5) is 0 Å². The van der Waals surface area contributed by atoms with Gasteiger partial charge in [-0.15, -0.1) is 0 Å². The van der Waals surface area contributed by atoms with Crippen molar-refractivity contribution in [1.82, 2.24) is 24.9 Å². The molecule has 24 heavy (non-hydrogen) atoms. The van der Waals surface area contributed by atoms with E-state index in [9.17, 15) is 0 Å². The highest BCUT2D eigenvalue weighted by Gasteiger charge is 2.31. The Morgan fingerprint density at radius 1 is 1.21 bits per heavy atom. The van der Waals surface area contributed by atoms with Crippen LogP contribution in [0.5, 0.6) is 0 Å². The first-order chi connectivity index (χ1) is 11.8. The maximum atomic E-state index is 5.49. The molecule has 2 aromatic heterocycles. The molecule has 1 atom stereocenters. The first-order valence-electron chi connectivity index (χ1n) is 8.99. The number of hydrogen-bond acceptors (Lipinski definition) is 6. The van der Waals surface area contributed by atoms with E-state index in [0.717, 1.165) is 50.9 Å². The second-order valence-corrected chi connectivity index (χ2v) is 6.89. The van der Waals surface area contributed by atoms with Gasteiger partial charge in [0, 0.05) is 57.0 Å². The zero-order valence-electron chi connectivity index (χ0n) is 14.3. The summed E-state index contributed by atoms with van der Waals surface area (Å²) < 4.78 is 5.49. The lowest BCUT2D eigenvalue weighted by Crippen LogP contribution is -2.47. The van der Waals surface area contributed by atoms with Gasteiger partial charge in [-0.25, -0.2) is 0 Å². The summed E-state index contributed by atoms with van der Waals surface area (Å²) in [6.45, 7) is 7.51. The van der Waals surface area contributed by atoms with Crippen molar-refractivity contribution in [3.05, 3.63) is 41.8 Å². The quantitative estimate of drug-likeness (QED) is 0.811. The molecular formula is C18H25N5O. The molecule has 128 valence electrons. The second kappa shape index (κ2) is 6.99. The van der Waals surface area contributed by atoms with Crippen LogP contribution in [0.1, 0.15) is 49.1 Å². The third-order valence-corrected chi connectivity index (χ3v) is 5.12. The Bertz CT molecular complexity index is 646. The lowest BCUT2D eigenvalue weighted by molar-refractivity contribution is 0.0889. The molecule has 0 bridgehead atoms. The number of nitrogens with zero attached hydrogens (tertiary/aromatic N) is 5. The molecule has 2 aromatic rings. The first-order valence-corrected chi connectivity index (χ1v) is 8.99. The van der Waals surface area contributed by atoms with Crippen LogP contribution in [0.25, 0.3) is 0 Å². The summed E-state index contributed by atoms with van der Waals surface area (Å²) in [5.41, 5.74) is 1.17. The SMILES string of the molecule is C[C@@H](c1nc(C2CC2)no1)N1CCN(CCc2ccccn2)CC1. The van der Waals surface area contributed by atoms with Crippen LogP contribution < -0.4 is 0 Å². The summed E-state index contributed by atoms with van der Waals surface area (Å²) in [5.74, 6) is 2.24. The Hall–Kier alpha value is -1.79. The molecule has 1 aliphatic carbocycles. The summed E-state index contributed by atoms with van der Waals surface area (Å²) in [6, 6.07) is 6.34. The van der Waals surface area contributed by atoms with Gasteiger partial charge in [0.2, 0.25) is 5.89 Å². The van der Waals surface area contributed by atoms with E-state index in [1.165, 1.54) is 18.5 Å². The fourth-order valence-corrected chi connectivity index (χ4v) is 3.27. The molecule has 0 N–H and O–H groups in total. The Morgan fingerprint density at radius 3 is 2.75 bits per heavy atom. The molecule has 1 aliphatic heterocycles. The van der Waals surface area contributed by atoms with E-state index in [2.05, 4.69) is 44.0 Å². The summed E-state index contributed by atoms with van der Waals surface area (Å²) in [7, 11) is 0. The third kappa shape index (κ3) is 3.65. The normalized spacial score (nSPS) is 21.0. The lowest BCUT2D eigenvalue weighted by Gasteiger charge is -2.36. The minimum absolute atomic E-state index is 0.211. The van der Waals surface area contributed by atoms with Crippen molar-refractivity contribution in [3.63, 3.8) is 0 Å². The van der Waals surface area contributed by atoms with Gasteiger partial charge >= 0.3 is 0 Å². The van der Waals surface area contributed by atoms with Crippen LogP contribution in [0.3, 0.4) is 0 Å². The molecule has 2 aliphatic rings. The highest BCUT2D eigenvalue weighted by atomic mass is 16.5. The largest absolute Gasteiger partial charge is 0.338 e. The van der Waals surface area contributed by atoms with Crippen molar-refractivity contribution in [3.8, 4) is 0 Å².